The van der Waals surface area contributed by atoms with Crippen LogP contribution in [-0.2, 0) is 4.79 Å². The van der Waals surface area contributed by atoms with Crippen LogP contribution in [0.2, 0.25) is 0 Å². The number of para-hydroxylation sites is 1. The lowest BCUT2D eigenvalue weighted by Gasteiger charge is -2.09. The molecule has 0 spiro atoms. The van der Waals surface area contributed by atoms with E-state index >= 15 is 0 Å². The Bertz CT molecular complexity index is 872. The summed E-state index contributed by atoms with van der Waals surface area (Å²) < 4.78 is 7.29. The van der Waals surface area contributed by atoms with E-state index < -0.39 is 5.91 Å². The summed E-state index contributed by atoms with van der Waals surface area (Å²) in [4.78, 5) is 12.4. The van der Waals surface area contributed by atoms with Gasteiger partial charge in [0.1, 0.15) is 24.0 Å². The third kappa shape index (κ3) is 5.44. The van der Waals surface area contributed by atoms with E-state index in [2.05, 4.69) is 50.4 Å². The second kappa shape index (κ2) is 9.39. The number of carbonyl (C=O) groups excluding carboxylic acids is 1. The minimum atomic E-state index is -0.471. The Balaban J connectivity index is 2.32. The Morgan fingerprint density at radius 2 is 2.12 bits per heavy atom. The number of nitriles is 1. The first-order valence-electron chi connectivity index (χ1n) is 7.26. The number of ether oxygens (including phenoxy) is 1. The van der Waals surface area contributed by atoms with Crippen molar-refractivity contribution in [3.05, 3.63) is 74.3 Å². The standard InChI is InChI=1S/C19H14BrIN2O2/c1-2-9-25-18-8-7-15(20)11-13(18)10-14(12-22)19(24)23-17-6-4-3-5-16(17)21/h2-8,10-11H,1,9H2,(H,23,24). The maximum absolute atomic E-state index is 12.4. The van der Waals surface area contributed by atoms with E-state index in [4.69, 9.17) is 4.74 Å². The highest BCUT2D eigenvalue weighted by Crippen LogP contribution is 2.26. The number of carbonyl (C=O) groups is 1. The first kappa shape index (κ1) is 19.2. The molecule has 0 atom stereocenters. The summed E-state index contributed by atoms with van der Waals surface area (Å²) in [6.07, 6.45) is 3.14. The van der Waals surface area contributed by atoms with Crippen molar-refractivity contribution < 1.29 is 9.53 Å². The van der Waals surface area contributed by atoms with E-state index in [-0.39, 0.29) is 5.57 Å². The monoisotopic (exact) mass is 508 g/mol. The molecule has 1 amide bonds. The first-order valence-corrected chi connectivity index (χ1v) is 9.13. The summed E-state index contributed by atoms with van der Waals surface area (Å²) in [7, 11) is 0. The molecule has 0 aromatic heterocycles. The van der Waals surface area contributed by atoms with Gasteiger partial charge in [-0.15, -0.1) is 0 Å². The SMILES string of the molecule is C=CCOc1ccc(Br)cc1C=C(C#N)C(=O)Nc1ccccc1I. The lowest BCUT2D eigenvalue weighted by Crippen LogP contribution is -2.14. The molecule has 6 heteroatoms. The van der Waals surface area contributed by atoms with Gasteiger partial charge >= 0.3 is 0 Å². The predicted octanol–water partition coefficient (Wildman–Crippen LogP) is 5.16. The molecular formula is C19H14BrIN2O2. The largest absolute Gasteiger partial charge is 0.489 e. The Kier molecular flexibility index (Phi) is 7.22. The zero-order valence-corrected chi connectivity index (χ0v) is 16.9. The summed E-state index contributed by atoms with van der Waals surface area (Å²) in [6, 6.07) is 14.7. The number of rotatable bonds is 6. The second-order valence-corrected chi connectivity index (χ2v) is 6.96. The lowest BCUT2D eigenvalue weighted by molar-refractivity contribution is -0.112. The van der Waals surface area contributed by atoms with Crippen LogP contribution in [0.5, 0.6) is 5.75 Å². The number of benzene rings is 2. The summed E-state index contributed by atoms with van der Waals surface area (Å²) in [5, 5.41) is 12.1. The molecular weight excluding hydrogens is 495 g/mol. The number of amides is 1. The Hall–Kier alpha value is -2.11. The minimum absolute atomic E-state index is 0.0128. The van der Waals surface area contributed by atoms with Crippen LogP contribution in [-0.4, -0.2) is 12.5 Å². The maximum atomic E-state index is 12.4. The molecule has 4 nitrogen and oxygen atoms in total. The van der Waals surface area contributed by atoms with E-state index in [1.54, 1.807) is 24.3 Å². The van der Waals surface area contributed by atoms with Gasteiger partial charge in [0.05, 0.1) is 5.69 Å². The second-order valence-electron chi connectivity index (χ2n) is 4.89. The molecule has 2 aromatic rings. The number of halogens is 2. The van der Waals surface area contributed by atoms with Crippen LogP contribution in [0.4, 0.5) is 5.69 Å². The van der Waals surface area contributed by atoms with Crippen LogP contribution < -0.4 is 10.1 Å². The number of nitrogens with zero attached hydrogens (tertiary/aromatic N) is 1. The van der Waals surface area contributed by atoms with Crippen molar-refractivity contribution >= 4 is 56.2 Å². The minimum Gasteiger partial charge on any atom is -0.489 e. The normalized spacial score (nSPS) is 10.7. The fraction of sp³-hybridized carbons (Fsp3) is 0.0526. The average molecular weight is 509 g/mol. The third-order valence-electron chi connectivity index (χ3n) is 3.12. The summed E-state index contributed by atoms with van der Waals surface area (Å²) >= 11 is 5.51. The zero-order chi connectivity index (χ0) is 18.2. The molecule has 1 N–H and O–H groups in total. The first-order chi connectivity index (χ1) is 12.0. The Morgan fingerprint density at radius 3 is 2.80 bits per heavy atom. The van der Waals surface area contributed by atoms with Crippen molar-refractivity contribution in [3.63, 3.8) is 0 Å². The van der Waals surface area contributed by atoms with E-state index in [0.29, 0.717) is 23.6 Å². The number of hydrogen-bond donors (Lipinski definition) is 1. The van der Waals surface area contributed by atoms with Crippen LogP contribution >= 0.6 is 38.5 Å². The Labute approximate surface area is 168 Å². The molecule has 0 aliphatic heterocycles. The van der Waals surface area contributed by atoms with E-state index in [1.165, 1.54) is 6.08 Å². The summed E-state index contributed by atoms with van der Waals surface area (Å²) in [5.41, 5.74) is 1.28. The zero-order valence-electron chi connectivity index (χ0n) is 13.1. The molecule has 0 fully saturated rings. The molecule has 0 bridgehead atoms. The maximum Gasteiger partial charge on any atom is 0.266 e. The van der Waals surface area contributed by atoms with E-state index in [0.717, 1.165) is 8.04 Å². The van der Waals surface area contributed by atoms with E-state index in [9.17, 15) is 10.1 Å². The van der Waals surface area contributed by atoms with Gasteiger partial charge in [-0.1, -0.05) is 40.7 Å². The molecule has 0 unspecified atom stereocenters. The highest BCUT2D eigenvalue weighted by atomic mass is 127. The van der Waals surface area contributed by atoms with Crippen LogP contribution in [0.15, 0.2) is 65.2 Å². The van der Waals surface area contributed by atoms with Gasteiger partial charge in [-0.2, -0.15) is 5.26 Å². The molecule has 0 saturated carbocycles. The molecule has 25 heavy (non-hydrogen) atoms. The molecule has 126 valence electrons. The fourth-order valence-electron chi connectivity index (χ4n) is 1.97. The predicted molar refractivity (Wildman–Crippen MR) is 111 cm³/mol. The van der Waals surface area contributed by atoms with Gasteiger partial charge in [-0.25, -0.2) is 0 Å². The van der Waals surface area contributed by atoms with Crippen molar-refractivity contribution in [1.82, 2.24) is 0 Å². The van der Waals surface area contributed by atoms with Gasteiger partial charge in [-0.3, -0.25) is 4.79 Å². The fourth-order valence-corrected chi connectivity index (χ4v) is 2.87. The van der Waals surface area contributed by atoms with E-state index in [1.807, 2.05) is 30.3 Å². The topological polar surface area (TPSA) is 62.1 Å². The smallest absolute Gasteiger partial charge is 0.266 e. The van der Waals surface area contributed by atoms with Crippen LogP contribution in [0.3, 0.4) is 0 Å². The molecule has 2 rings (SSSR count). The van der Waals surface area contributed by atoms with Crippen molar-refractivity contribution in [2.24, 2.45) is 0 Å². The van der Waals surface area contributed by atoms with Crippen LogP contribution in [0.1, 0.15) is 5.56 Å². The molecule has 0 aliphatic carbocycles. The number of hydrogen-bond acceptors (Lipinski definition) is 3. The lowest BCUT2D eigenvalue weighted by atomic mass is 10.1. The van der Waals surface area contributed by atoms with Gasteiger partial charge in [0, 0.05) is 13.6 Å². The summed E-state index contributed by atoms with van der Waals surface area (Å²) in [5.74, 6) is 0.0965. The van der Waals surface area contributed by atoms with Gasteiger partial charge < -0.3 is 10.1 Å². The van der Waals surface area contributed by atoms with Gasteiger partial charge in [0.2, 0.25) is 0 Å². The molecule has 0 saturated heterocycles. The van der Waals surface area contributed by atoms with Crippen molar-refractivity contribution in [1.29, 1.82) is 5.26 Å². The van der Waals surface area contributed by atoms with Gasteiger partial charge in [0.25, 0.3) is 5.91 Å². The van der Waals surface area contributed by atoms with Crippen LogP contribution in [0.25, 0.3) is 6.08 Å². The highest BCUT2D eigenvalue weighted by Gasteiger charge is 2.13. The van der Waals surface area contributed by atoms with Crippen molar-refractivity contribution in [3.8, 4) is 11.8 Å². The number of anilines is 1. The van der Waals surface area contributed by atoms with Gasteiger partial charge in [0.15, 0.2) is 0 Å². The quantitative estimate of drug-likeness (QED) is 0.253. The molecule has 0 heterocycles. The molecule has 0 radical (unpaired) electrons. The Morgan fingerprint density at radius 1 is 1.36 bits per heavy atom. The highest BCUT2D eigenvalue weighted by molar-refractivity contribution is 14.1. The molecule has 2 aromatic carbocycles. The van der Waals surface area contributed by atoms with Crippen LogP contribution in [0, 0.1) is 14.9 Å². The molecule has 0 aliphatic rings. The van der Waals surface area contributed by atoms with Crippen molar-refractivity contribution in [2.75, 3.05) is 11.9 Å². The number of nitrogens with one attached hydrogen (secondary N) is 1. The van der Waals surface area contributed by atoms with Crippen molar-refractivity contribution in [2.45, 2.75) is 0 Å². The third-order valence-corrected chi connectivity index (χ3v) is 4.55. The van der Waals surface area contributed by atoms with Gasteiger partial charge in [-0.05, 0) is 59.0 Å². The summed E-state index contributed by atoms with van der Waals surface area (Å²) in [6.45, 7) is 3.95. The average Bonchev–Trinajstić information content (AvgIpc) is 2.60.